The van der Waals surface area contributed by atoms with Crippen molar-refractivity contribution in [3.63, 3.8) is 0 Å². The Kier molecular flexibility index (Phi) is 6.18. The summed E-state index contributed by atoms with van der Waals surface area (Å²) >= 11 is 0. The fraction of sp³-hybridized carbons (Fsp3) is 0.467. The summed E-state index contributed by atoms with van der Waals surface area (Å²) < 4.78 is 0. The van der Waals surface area contributed by atoms with E-state index in [4.69, 9.17) is 5.11 Å². The van der Waals surface area contributed by atoms with E-state index in [0.29, 0.717) is 6.42 Å². The van der Waals surface area contributed by atoms with E-state index >= 15 is 0 Å². The maximum atomic E-state index is 11.3. The summed E-state index contributed by atoms with van der Waals surface area (Å²) in [7, 11) is 0. The number of hydrogen-bond acceptors (Lipinski definition) is 3. The highest BCUT2D eigenvalue weighted by molar-refractivity contribution is 5.74. The van der Waals surface area contributed by atoms with Crippen molar-refractivity contribution < 1.29 is 19.8 Å². The number of benzene rings is 1. The Morgan fingerprint density at radius 2 is 1.75 bits per heavy atom. The number of hydrogen-bond donors (Lipinski definition) is 3. The van der Waals surface area contributed by atoms with Crippen molar-refractivity contribution in [2.45, 2.75) is 38.8 Å². The molecule has 0 amide bonds. The lowest BCUT2D eigenvalue weighted by Gasteiger charge is -2.23. The zero-order valence-electron chi connectivity index (χ0n) is 11.7. The van der Waals surface area contributed by atoms with Crippen molar-refractivity contribution in [1.29, 1.82) is 0 Å². The molecule has 0 radical (unpaired) electrons. The van der Waals surface area contributed by atoms with Crippen LogP contribution in [0.15, 0.2) is 30.3 Å². The minimum Gasteiger partial charge on any atom is -0.481 e. The maximum Gasteiger partial charge on any atom is 0.320 e. The first-order valence-corrected chi connectivity index (χ1v) is 6.65. The molecule has 0 aliphatic carbocycles. The van der Waals surface area contributed by atoms with Gasteiger partial charge in [0.05, 0.1) is 6.42 Å². The average Bonchev–Trinajstić information content (AvgIpc) is 2.37. The minimum atomic E-state index is -0.958. The molecule has 5 nitrogen and oxygen atoms in total. The zero-order chi connectivity index (χ0) is 15.1. The summed E-state index contributed by atoms with van der Waals surface area (Å²) in [6.45, 7) is 3.87. The second kappa shape index (κ2) is 7.65. The highest BCUT2D eigenvalue weighted by Gasteiger charge is 2.24. The van der Waals surface area contributed by atoms with Crippen molar-refractivity contribution in [3.8, 4) is 0 Å². The summed E-state index contributed by atoms with van der Waals surface area (Å²) in [4.78, 5) is 22.2. The zero-order valence-corrected chi connectivity index (χ0v) is 11.7. The fourth-order valence-electron chi connectivity index (χ4n) is 2.09. The van der Waals surface area contributed by atoms with Crippen LogP contribution in [0.3, 0.4) is 0 Å². The first-order valence-electron chi connectivity index (χ1n) is 6.65. The Morgan fingerprint density at radius 3 is 2.20 bits per heavy atom. The third-order valence-corrected chi connectivity index (χ3v) is 2.99. The standard InChI is InChI=1S/C15H21NO4/c1-10(2)8-13(15(19)20)16-12(9-14(17)18)11-6-4-3-5-7-11/h3-7,10,12-13,16H,8-9H2,1-2H3,(H,17,18)(H,19,20). The molecule has 0 heterocycles. The van der Waals surface area contributed by atoms with E-state index in [-0.39, 0.29) is 12.3 Å². The fourth-order valence-corrected chi connectivity index (χ4v) is 2.09. The number of rotatable bonds is 8. The lowest BCUT2D eigenvalue weighted by atomic mass is 9.99. The average molecular weight is 279 g/mol. The van der Waals surface area contributed by atoms with Gasteiger partial charge < -0.3 is 10.2 Å². The van der Waals surface area contributed by atoms with Gasteiger partial charge in [0, 0.05) is 6.04 Å². The molecule has 2 atom stereocenters. The molecule has 0 bridgehead atoms. The van der Waals surface area contributed by atoms with Crippen LogP contribution in [0.4, 0.5) is 0 Å². The molecule has 2 unspecified atom stereocenters. The van der Waals surface area contributed by atoms with Crippen molar-refractivity contribution in [1.82, 2.24) is 5.32 Å². The van der Waals surface area contributed by atoms with Gasteiger partial charge >= 0.3 is 11.9 Å². The molecule has 1 aromatic rings. The van der Waals surface area contributed by atoms with E-state index in [1.54, 1.807) is 12.1 Å². The molecular formula is C15H21NO4. The van der Waals surface area contributed by atoms with Crippen LogP contribution in [0.1, 0.15) is 38.3 Å². The minimum absolute atomic E-state index is 0.147. The van der Waals surface area contributed by atoms with Crippen LogP contribution < -0.4 is 5.32 Å². The predicted molar refractivity (Wildman–Crippen MR) is 75.5 cm³/mol. The van der Waals surface area contributed by atoms with Gasteiger partial charge in [-0.3, -0.25) is 14.9 Å². The molecular weight excluding hydrogens is 258 g/mol. The summed E-state index contributed by atoms with van der Waals surface area (Å²) in [6, 6.07) is 7.80. The van der Waals surface area contributed by atoms with Crippen LogP contribution in [0.5, 0.6) is 0 Å². The van der Waals surface area contributed by atoms with Crippen LogP contribution in [0.25, 0.3) is 0 Å². The van der Waals surface area contributed by atoms with Gasteiger partial charge in [0.25, 0.3) is 0 Å². The Labute approximate surface area is 118 Å². The second-order valence-corrected chi connectivity index (χ2v) is 5.25. The molecule has 0 aromatic heterocycles. The lowest BCUT2D eigenvalue weighted by Crippen LogP contribution is -2.40. The molecule has 0 aliphatic rings. The second-order valence-electron chi connectivity index (χ2n) is 5.25. The summed E-state index contributed by atoms with van der Waals surface area (Å²) in [6.07, 6.45) is 0.310. The van der Waals surface area contributed by atoms with E-state index in [1.165, 1.54) is 0 Å². The van der Waals surface area contributed by atoms with Gasteiger partial charge in [-0.05, 0) is 17.9 Å². The SMILES string of the molecule is CC(C)CC(NC(CC(=O)O)c1ccccc1)C(=O)O. The summed E-state index contributed by atoms with van der Waals surface area (Å²) in [5.41, 5.74) is 0.782. The lowest BCUT2D eigenvalue weighted by molar-refractivity contribution is -0.142. The van der Waals surface area contributed by atoms with E-state index in [2.05, 4.69) is 5.32 Å². The monoisotopic (exact) mass is 279 g/mol. The molecule has 3 N–H and O–H groups in total. The third-order valence-electron chi connectivity index (χ3n) is 2.99. The largest absolute Gasteiger partial charge is 0.481 e. The first-order chi connectivity index (χ1) is 9.40. The number of aliphatic carboxylic acids is 2. The molecule has 0 saturated heterocycles. The first kappa shape index (κ1) is 16.2. The summed E-state index contributed by atoms with van der Waals surface area (Å²) in [5, 5.41) is 21.2. The molecule has 0 aliphatic heterocycles. The molecule has 20 heavy (non-hydrogen) atoms. The van der Waals surface area contributed by atoms with E-state index in [9.17, 15) is 14.7 Å². The molecule has 1 aromatic carbocycles. The summed E-state index contributed by atoms with van der Waals surface area (Å²) in [5.74, 6) is -1.70. The highest BCUT2D eigenvalue weighted by Crippen LogP contribution is 2.19. The van der Waals surface area contributed by atoms with Gasteiger partial charge in [-0.1, -0.05) is 44.2 Å². The Morgan fingerprint density at radius 1 is 1.15 bits per heavy atom. The normalized spacial score (nSPS) is 13.9. The number of carbonyl (C=O) groups is 2. The molecule has 0 fully saturated rings. The van der Waals surface area contributed by atoms with Crippen molar-refractivity contribution in [3.05, 3.63) is 35.9 Å². The van der Waals surface area contributed by atoms with Crippen LogP contribution in [-0.4, -0.2) is 28.2 Å². The molecule has 110 valence electrons. The Hall–Kier alpha value is -1.88. The van der Waals surface area contributed by atoms with E-state index in [0.717, 1.165) is 5.56 Å². The molecule has 5 heteroatoms. The van der Waals surface area contributed by atoms with E-state index < -0.39 is 24.0 Å². The van der Waals surface area contributed by atoms with Crippen molar-refractivity contribution in [2.24, 2.45) is 5.92 Å². The van der Waals surface area contributed by atoms with Crippen LogP contribution >= 0.6 is 0 Å². The number of nitrogens with one attached hydrogen (secondary N) is 1. The van der Waals surface area contributed by atoms with Gasteiger partial charge in [-0.2, -0.15) is 0 Å². The number of carboxylic acids is 2. The Balaban J connectivity index is 2.87. The van der Waals surface area contributed by atoms with Crippen molar-refractivity contribution in [2.75, 3.05) is 0 Å². The van der Waals surface area contributed by atoms with E-state index in [1.807, 2.05) is 32.0 Å². The molecule has 0 spiro atoms. The maximum absolute atomic E-state index is 11.3. The van der Waals surface area contributed by atoms with Gasteiger partial charge in [0.1, 0.15) is 6.04 Å². The quantitative estimate of drug-likeness (QED) is 0.679. The van der Waals surface area contributed by atoms with Crippen LogP contribution in [0, 0.1) is 5.92 Å². The van der Waals surface area contributed by atoms with Gasteiger partial charge in [-0.25, -0.2) is 0 Å². The van der Waals surface area contributed by atoms with Gasteiger partial charge in [-0.15, -0.1) is 0 Å². The van der Waals surface area contributed by atoms with Crippen molar-refractivity contribution >= 4 is 11.9 Å². The smallest absolute Gasteiger partial charge is 0.320 e. The number of carboxylic acid groups (broad SMARTS) is 2. The highest BCUT2D eigenvalue weighted by atomic mass is 16.4. The topological polar surface area (TPSA) is 86.6 Å². The Bertz CT molecular complexity index is 444. The molecule has 0 saturated carbocycles. The molecule has 1 rings (SSSR count). The van der Waals surface area contributed by atoms with Gasteiger partial charge in [0.15, 0.2) is 0 Å². The van der Waals surface area contributed by atoms with Crippen LogP contribution in [0.2, 0.25) is 0 Å². The predicted octanol–water partition coefficient (Wildman–Crippen LogP) is 2.29. The third kappa shape index (κ3) is 5.40. The van der Waals surface area contributed by atoms with Gasteiger partial charge in [0.2, 0.25) is 0 Å². The van der Waals surface area contributed by atoms with Crippen LogP contribution in [-0.2, 0) is 9.59 Å².